The van der Waals surface area contributed by atoms with Crippen LogP contribution in [0.25, 0.3) is 0 Å². The Bertz CT molecular complexity index is 863. The van der Waals surface area contributed by atoms with Gasteiger partial charge in [-0.3, -0.25) is 0 Å². The molecule has 0 bridgehead atoms. The number of carboxylic acids is 1. The molecule has 0 unspecified atom stereocenters. The lowest BCUT2D eigenvalue weighted by atomic mass is 9.96. The van der Waals surface area contributed by atoms with E-state index in [1.807, 2.05) is 23.1 Å². The fourth-order valence-corrected chi connectivity index (χ4v) is 3.04. The number of methoxy groups -OCH3 is 1. The molecule has 1 saturated carbocycles. The molecule has 2 aromatic carbocycles. The second kappa shape index (κ2) is 8.78. The average Bonchev–Trinajstić information content (AvgIpc) is 2.65. The first-order valence-electron chi connectivity index (χ1n) is 9.27. The summed E-state index contributed by atoms with van der Waals surface area (Å²) in [6.07, 6.45) is 3.49. The minimum Gasteiger partial charge on any atom is -0.493 e. The molecular formula is C22H24FNO4. The van der Waals surface area contributed by atoms with Gasteiger partial charge >= 0.3 is 5.97 Å². The number of anilines is 2. The van der Waals surface area contributed by atoms with Gasteiger partial charge in [0, 0.05) is 30.4 Å². The maximum Gasteiger partial charge on any atom is 0.335 e. The lowest BCUT2D eigenvalue weighted by molar-refractivity contribution is 0.0697. The number of hydrogen-bond acceptors (Lipinski definition) is 4. The molecule has 1 aliphatic carbocycles. The van der Waals surface area contributed by atoms with Gasteiger partial charge in [-0.1, -0.05) is 12.6 Å². The van der Waals surface area contributed by atoms with Crippen molar-refractivity contribution in [3.63, 3.8) is 0 Å². The van der Waals surface area contributed by atoms with E-state index in [4.69, 9.17) is 9.47 Å². The summed E-state index contributed by atoms with van der Waals surface area (Å²) in [5, 5.41) is 9.30. The van der Waals surface area contributed by atoms with Crippen molar-refractivity contribution in [2.75, 3.05) is 18.6 Å². The minimum atomic E-state index is -1.01. The Balaban J connectivity index is 1.97. The predicted molar refractivity (Wildman–Crippen MR) is 107 cm³/mol. The van der Waals surface area contributed by atoms with E-state index < -0.39 is 11.8 Å². The predicted octanol–water partition coefficient (Wildman–Crippen LogP) is 5.34. The molecule has 148 valence electrons. The van der Waals surface area contributed by atoms with Gasteiger partial charge in [0.15, 0.2) is 11.5 Å². The maximum atomic E-state index is 13.4. The molecule has 0 aromatic heterocycles. The molecule has 0 saturated heterocycles. The van der Waals surface area contributed by atoms with Crippen molar-refractivity contribution in [3.8, 4) is 11.5 Å². The van der Waals surface area contributed by atoms with E-state index in [2.05, 4.69) is 6.58 Å². The summed E-state index contributed by atoms with van der Waals surface area (Å²) in [6, 6.07) is 12.1. The van der Waals surface area contributed by atoms with Crippen molar-refractivity contribution in [1.29, 1.82) is 0 Å². The van der Waals surface area contributed by atoms with E-state index in [-0.39, 0.29) is 18.1 Å². The smallest absolute Gasteiger partial charge is 0.335 e. The summed E-state index contributed by atoms with van der Waals surface area (Å²) < 4.78 is 24.8. The van der Waals surface area contributed by atoms with E-state index in [1.165, 1.54) is 6.07 Å². The largest absolute Gasteiger partial charge is 0.493 e. The van der Waals surface area contributed by atoms with Crippen molar-refractivity contribution >= 4 is 17.3 Å². The molecule has 0 amide bonds. The molecule has 0 radical (unpaired) electrons. The highest BCUT2D eigenvalue weighted by molar-refractivity contribution is 5.89. The number of benzene rings is 2. The Morgan fingerprint density at radius 3 is 2.57 bits per heavy atom. The number of hydrogen-bond donors (Lipinski definition) is 1. The third kappa shape index (κ3) is 4.63. The van der Waals surface area contributed by atoms with Crippen LogP contribution in [0.2, 0.25) is 0 Å². The normalized spacial score (nSPS) is 13.5. The van der Waals surface area contributed by atoms with Crippen LogP contribution in [-0.2, 0) is 0 Å². The summed E-state index contributed by atoms with van der Waals surface area (Å²) >= 11 is 0. The van der Waals surface area contributed by atoms with Gasteiger partial charge in [-0.05, 0) is 49.6 Å². The highest BCUT2D eigenvalue weighted by Crippen LogP contribution is 2.37. The monoisotopic (exact) mass is 385 g/mol. The third-order valence-corrected chi connectivity index (χ3v) is 4.82. The van der Waals surface area contributed by atoms with Crippen molar-refractivity contribution in [1.82, 2.24) is 0 Å². The third-order valence-electron chi connectivity index (χ3n) is 4.82. The topological polar surface area (TPSA) is 59.0 Å². The first-order chi connectivity index (χ1) is 13.5. The summed E-state index contributed by atoms with van der Waals surface area (Å²) in [5.74, 6) is -0.188. The first kappa shape index (κ1) is 19.7. The molecule has 0 spiro atoms. The molecule has 6 heteroatoms. The van der Waals surface area contributed by atoms with E-state index in [9.17, 15) is 14.3 Å². The maximum absolute atomic E-state index is 13.4. The number of carboxylic acid groups (broad SMARTS) is 1. The van der Waals surface area contributed by atoms with Crippen LogP contribution < -0.4 is 14.4 Å². The Labute approximate surface area is 164 Å². The lowest BCUT2D eigenvalue weighted by Gasteiger charge is -2.29. The minimum absolute atomic E-state index is 0.127. The van der Waals surface area contributed by atoms with Gasteiger partial charge in [0.05, 0.1) is 24.6 Å². The van der Waals surface area contributed by atoms with Crippen LogP contribution in [0.3, 0.4) is 0 Å². The number of carbonyl (C=O) groups is 1. The van der Waals surface area contributed by atoms with E-state index in [1.54, 1.807) is 25.3 Å². The second-order valence-electron chi connectivity index (χ2n) is 6.78. The summed E-state index contributed by atoms with van der Waals surface area (Å²) in [5.41, 5.74) is 1.58. The molecule has 1 fully saturated rings. The SMILES string of the molecule is C=C(F)CCN(c1cccc(C(=O)O)c1)c1ccc(OC)c(OC2CCC2)c1. The van der Waals surface area contributed by atoms with Gasteiger partial charge in [-0.2, -0.15) is 0 Å². The molecule has 28 heavy (non-hydrogen) atoms. The van der Waals surface area contributed by atoms with Crippen LogP contribution in [0.4, 0.5) is 15.8 Å². The number of aromatic carboxylic acids is 1. The Hall–Kier alpha value is -3.02. The summed E-state index contributed by atoms with van der Waals surface area (Å²) in [4.78, 5) is 13.2. The van der Waals surface area contributed by atoms with Crippen molar-refractivity contribution in [2.24, 2.45) is 0 Å². The number of halogens is 1. The first-order valence-corrected chi connectivity index (χ1v) is 9.27. The van der Waals surface area contributed by atoms with Gasteiger partial charge < -0.3 is 19.5 Å². The van der Waals surface area contributed by atoms with Crippen LogP contribution in [0.5, 0.6) is 11.5 Å². The Morgan fingerprint density at radius 2 is 1.96 bits per heavy atom. The van der Waals surface area contributed by atoms with Gasteiger partial charge in [0.25, 0.3) is 0 Å². The number of ether oxygens (including phenoxy) is 2. The quantitative estimate of drug-likeness (QED) is 0.632. The van der Waals surface area contributed by atoms with E-state index in [0.717, 1.165) is 24.9 Å². The van der Waals surface area contributed by atoms with Crippen molar-refractivity contribution in [3.05, 3.63) is 60.4 Å². The van der Waals surface area contributed by atoms with Crippen LogP contribution in [0.1, 0.15) is 36.0 Å². The highest BCUT2D eigenvalue weighted by atomic mass is 19.1. The fraction of sp³-hybridized carbons (Fsp3) is 0.318. The lowest BCUT2D eigenvalue weighted by Crippen LogP contribution is -2.25. The zero-order valence-electron chi connectivity index (χ0n) is 15.9. The molecule has 0 heterocycles. The molecule has 0 atom stereocenters. The van der Waals surface area contributed by atoms with Crippen LogP contribution >= 0.6 is 0 Å². The summed E-state index contributed by atoms with van der Waals surface area (Å²) in [7, 11) is 1.59. The molecule has 1 N–H and O–H groups in total. The molecule has 3 rings (SSSR count). The van der Waals surface area contributed by atoms with Crippen LogP contribution in [-0.4, -0.2) is 30.8 Å². The van der Waals surface area contributed by atoms with Gasteiger partial charge in [-0.15, -0.1) is 0 Å². The van der Waals surface area contributed by atoms with Gasteiger partial charge in [0.1, 0.15) is 0 Å². The second-order valence-corrected chi connectivity index (χ2v) is 6.78. The van der Waals surface area contributed by atoms with E-state index >= 15 is 0 Å². The number of rotatable bonds is 9. The molecular weight excluding hydrogens is 361 g/mol. The Morgan fingerprint density at radius 1 is 1.21 bits per heavy atom. The van der Waals surface area contributed by atoms with Crippen molar-refractivity contribution in [2.45, 2.75) is 31.8 Å². The van der Waals surface area contributed by atoms with E-state index in [0.29, 0.717) is 23.7 Å². The summed E-state index contributed by atoms with van der Waals surface area (Å²) in [6.45, 7) is 3.64. The van der Waals surface area contributed by atoms with Crippen LogP contribution in [0, 0.1) is 0 Å². The molecule has 5 nitrogen and oxygen atoms in total. The Kier molecular flexibility index (Phi) is 6.19. The van der Waals surface area contributed by atoms with Gasteiger partial charge in [0.2, 0.25) is 0 Å². The molecule has 0 aliphatic heterocycles. The standard InChI is InChI=1S/C22H24FNO4/c1-15(23)11-12-24(17-6-3-5-16(13-17)22(25)26)18-9-10-20(27-2)21(14-18)28-19-7-4-8-19/h3,5-6,9-10,13-14,19H,1,4,7-8,11-12H2,2H3,(H,25,26). The zero-order chi connectivity index (χ0) is 20.1. The molecule has 1 aliphatic rings. The van der Waals surface area contributed by atoms with Crippen molar-refractivity contribution < 1.29 is 23.8 Å². The van der Waals surface area contributed by atoms with Crippen LogP contribution in [0.15, 0.2) is 54.9 Å². The van der Waals surface area contributed by atoms with Gasteiger partial charge in [-0.25, -0.2) is 9.18 Å². The average molecular weight is 385 g/mol. The molecule has 2 aromatic rings. The zero-order valence-corrected chi connectivity index (χ0v) is 15.9. The number of nitrogens with zero attached hydrogens (tertiary/aromatic N) is 1. The highest BCUT2D eigenvalue weighted by Gasteiger charge is 2.22. The fourth-order valence-electron chi connectivity index (χ4n) is 3.04.